The number of hydrogen-bond donors (Lipinski definition) is 1. The zero-order valence-corrected chi connectivity index (χ0v) is 16.9. The summed E-state index contributed by atoms with van der Waals surface area (Å²) in [4.78, 5) is 4.38. The van der Waals surface area contributed by atoms with Gasteiger partial charge in [0.1, 0.15) is 0 Å². The van der Waals surface area contributed by atoms with Gasteiger partial charge in [0, 0.05) is 35.9 Å². The molecule has 27 heavy (non-hydrogen) atoms. The summed E-state index contributed by atoms with van der Waals surface area (Å²) in [6.45, 7) is 22.3. The molecule has 0 aliphatic carbocycles. The highest BCUT2D eigenvalue weighted by molar-refractivity contribution is 5.71. The molecule has 0 aromatic heterocycles. The Morgan fingerprint density at radius 1 is 1.19 bits per heavy atom. The van der Waals surface area contributed by atoms with E-state index in [0.717, 1.165) is 11.4 Å². The summed E-state index contributed by atoms with van der Waals surface area (Å²) in [5, 5.41) is 3.27. The number of nitrogens with zero attached hydrogens (tertiary/aromatic N) is 1. The van der Waals surface area contributed by atoms with E-state index in [1.54, 1.807) is 12.4 Å². The molecule has 1 aromatic rings. The molecule has 0 fully saturated rings. The first-order valence-corrected chi connectivity index (χ1v) is 9.20. The highest BCUT2D eigenvalue weighted by Gasteiger charge is 2.23. The van der Waals surface area contributed by atoms with Crippen LogP contribution in [0.5, 0.6) is 0 Å². The topological polar surface area (TPSA) is 24.4 Å². The van der Waals surface area contributed by atoms with Crippen molar-refractivity contribution >= 4 is 6.21 Å². The Hall–Kier alpha value is -2.87. The predicted octanol–water partition coefficient (Wildman–Crippen LogP) is 6.62. The summed E-state index contributed by atoms with van der Waals surface area (Å²) in [5.74, 6) is 0.253. The van der Waals surface area contributed by atoms with Gasteiger partial charge < -0.3 is 5.32 Å². The largest absolute Gasteiger partial charge is 0.365 e. The molecule has 1 aromatic carbocycles. The minimum atomic E-state index is 0.110. The van der Waals surface area contributed by atoms with Gasteiger partial charge in [-0.2, -0.15) is 0 Å². The summed E-state index contributed by atoms with van der Waals surface area (Å²) in [6.07, 6.45) is 11.9. The molecule has 2 nitrogen and oxygen atoms in total. The summed E-state index contributed by atoms with van der Waals surface area (Å²) in [6, 6.07) is 8.42. The van der Waals surface area contributed by atoms with Crippen molar-refractivity contribution < 1.29 is 0 Å². The van der Waals surface area contributed by atoms with Gasteiger partial charge in [0.05, 0.1) is 0 Å². The molecule has 1 rings (SSSR count). The molecule has 0 saturated heterocycles. The lowest BCUT2D eigenvalue weighted by molar-refractivity contribution is 0.650. The second kappa shape index (κ2) is 11.7. The van der Waals surface area contributed by atoms with Crippen molar-refractivity contribution in [1.29, 1.82) is 0 Å². The van der Waals surface area contributed by atoms with Gasteiger partial charge in [-0.25, -0.2) is 0 Å². The van der Waals surface area contributed by atoms with E-state index in [0.29, 0.717) is 6.42 Å². The standard InChI is InChI=1S/C25H32N2/c1-8-12-17-27-20(6)18-25(26-11-4)21(7)22(9-2)23(10-3)24-16-14-13-15-19(24)5/h8-17,22-23,26H,2-4,6,18H2,1,5,7H3/b12-8-,25-21+,27-17-. The van der Waals surface area contributed by atoms with Crippen molar-refractivity contribution in [3.63, 3.8) is 0 Å². The van der Waals surface area contributed by atoms with Gasteiger partial charge in [-0.1, -0.05) is 55.7 Å². The summed E-state index contributed by atoms with van der Waals surface area (Å²) in [5.41, 5.74) is 5.52. The van der Waals surface area contributed by atoms with E-state index in [1.165, 1.54) is 16.7 Å². The first-order valence-electron chi connectivity index (χ1n) is 9.20. The van der Waals surface area contributed by atoms with Crippen molar-refractivity contribution in [2.24, 2.45) is 10.9 Å². The number of aliphatic imine (C=N–C) groups is 1. The van der Waals surface area contributed by atoms with Crippen LogP contribution in [0.25, 0.3) is 0 Å². The molecule has 0 heterocycles. The maximum absolute atomic E-state index is 4.38. The number of nitrogens with one attached hydrogen (secondary N) is 1. The van der Waals surface area contributed by atoms with Crippen LogP contribution in [-0.4, -0.2) is 6.21 Å². The molecule has 2 unspecified atom stereocenters. The van der Waals surface area contributed by atoms with Crippen molar-refractivity contribution in [2.45, 2.75) is 33.1 Å². The van der Waals surface area contributed by atoms with Crippen LogP contribution >= 0.6 is 0 Å². The zero-order chi connectivity index (χ0) is 20.2. The normalized spacial score (nSPS) is 14.5. The van der Waals surface area contributed by atoms with Crippen molar-refractivity contribution in [2.75, 3.05) is 0 Å². The molecule has 0 spiro atoms. The maximum Gasteiger partial charge on any atom is 0.0390 e. The van der Waals surface area contributed by atoms with E-state index < -0.39 is 0 Å². The van der Waals surface area contributed by atoms with E-state index in [-0.39, 0.29) is 11.8 Å². The highest BCUT2D eigenvalue weighted by Crippen LogP contribution is 2.35. The van der Waals surface area contributed by atoms with Crippen LogP contribution in [0.4, 0.5) is 0 Å². The Kier molecular flexibility index (Phi) is 9.60. The number of aryl methyl sites for hydroxylation is 1. The van der Waals surface area contributed by atoms with E-state index in [1.807, 2.05) is 31.2 Å². The maximum atomic E-state index is 4.38. The van der Waals surface area contributed by atoms with Crippen molar-refractivity contribution in [3.05, 3.63) is 109 Å². The van der Waals surface area contributed by atoms with Gasteiger partial charge in [-0.3, -0.25) is 4.99 Å². The van der Waals surface area contributed by atoms with Gasteiger partial charge in [0.2, 0.25) is 0 Å². The smallest absolute Gasteiger partial charge is 0.0390 e. The van der Waals surface area contributed by atoms with Gasteiger partial charge in [-0.05, 0) is 49.7 Å². The highest BCUT2D eigenvalue weighted by atomic mass is 14.9. The first kappa shape index (κ1) is 22.2. The second-order valence-corrected chi connectivity index (χ2v) is 6.44. The lowest BCUT2D eigenvalue weighted by Gasteiger charge is -2.27. The van der Waals surface area contributed by atoms with E-state index in [2.05, 4.69) is 74.7 Å². The summed E-state index contributed by atoms with van der Waals surface area (Å²) in [7, 11) is 0. The summed E-state index contributed by atoms with van der Waals surface area (Å²) < 4.78 is 0. The molecule has 0 amide bonds. The number of hydrogen-bond acceptors (Lipinski definition) is 2. The van der Waals surface area contributed by atoms with Crippen molar-refractivity contribution in [3.8, 4) is 0 Å². The van der Waals surface area contributed by atoms with Gasteiger partial charge in [-0.15, -0.1) is 13.2 Å². The molecule has 2 heteroatoms. The quantitative estimate of drug-likeness (QED) is 0.348. The molecule has 2 atom stereocenters. The molecular weight excluding hydrogens is 328 g/mol. The van der Waals surface area contributed by atoms with Gasteiger partial charge >= 0.3 is 0 Å². The van der Waals surface area contributed by atoms with Crippen LogP contribution in [0.1, 0.15) is 37.3 Å². The van der Waals surface area contributed by atoms with Crippen LogP contribution in [0.2, 0.25) is 0 Å². The number of allylic oxidation sites excluding steroid dienone is 5. The Labute approximate surface area is 165 Å². The third kappa shape index (κ3) is 6.41. The molecule has 0 radical (unpaired) electrons. The molecule has 142 valence electrons. The average Bonchev–Trinajstić information content (AvgIpc) is 2.66. The van der Waals surface area contributed by atoms with Crippen molar-refractivity contribution in [1.82, 2.24) is 5.32 Å². The average molecular weight is 361 g/mol. The minimum absolute atomic E-state index is 0.110. The minimum Gasteiger partial charge on any atom is -0.365 e. The van der Waals surface area contributed by atoms with Crippen LogP contribution in [0.15, 0.2) is 103 Å². The number of benzene rings is 1. The fraction of sp³-hybridized carbons (Fsp3) is 0.240. The van der Waals surface area contributed by atoms with E-state index >= 15 is 0 Å². The van der Waals surface area contributed by atoms with Crippen LogP contribution in [0, 0.1) is 12.8 Å². The Bertz CT molecular complexity index is 762. The summed E-state index contributed by atoms with van der Waals surface area (Å²) >= 11 is 0. The van der Waals surface area contributed by atoms with E-state index in [4.69, 9.17) is 0 Å². The molecule has 0 aliphatic rings. The Balaban J connectivity index is 3.27. The van der Waals surface area contributed by atoms with Gasteiger partial charge in [0.25, 0.3) is 0 Å². The predicted molar refractivity (Wildman–Crippen MR) is 121 cm³/mol. The fourth-order valence-corrected chi connectivity index (χ4v) is 3.13. The lowest BCUT2D eigenvalue weighted by Crippen LogP contribution is -2.17. The Morgan fingerprint density at radius 3 is 2.44 bits per heavy atom. The monoisotopic (exact) mass is 360 g/mol. The van der Waals surface area contributed by atoms with Crippen LogP contribution in [0.3, 0.4) is 0 Å². The molecular formula is C25H32N2. The Morgan fingerprint density at radius 2 is 1.89 bits per heavy atom. The third-order valence-electron chi connectivity index (χ3n) is 4.61. The fourth-order valence-electron chi connectivity index (χ4n) is 3.13. The van der Waals surface area contributed by atoms with E-state index in [9.17, 15) is 0 Å². The third-order valence-corrected chi connectivity index (χ3v) is 4.61. The molecule has 1 N–H and O–H groups in total. The molecule has 0 saturated carbocycles. The lowest BCUT2D eigenvalue weighted by atomic mass is 9.79. The van der Waals surface area contributed by atoms with Crippen LogP contribution < -0.4 is 5.32 Å². The first-order chi connectivity index (χ1) is 13.0. The SMILES string of the molecule is C=CN/C(CC(=C)/N=C\C=C/C)=C(\C)C(C=C)C(C=C)c1ccccc1C. The van der Waals surface area contributed by atoms with Crippen LogP contribution in [-0.2, 0) is 0 Å². The molecule has 0 bridgehead atoms. The second-order valence-electron chi connectivity index (χ2n) is 6.44. The zero-order valence-electron chi connectivity index (χ0n) is 16.9. The molecule has 0 aliphatic heterocycles. The number of rotatable bonds is 11. The van der Waals surface area contributed by atoms with Gasteiger partial charge in [0.15, 0.2) is 0 Å².